The molecule has 0 saturated carbocycles. The molecule has 2 fully saturated rings. The minimum atomic E-state index is -0.486. The summed E-state index contributed by atoms with van der Waals surface area (Å²) in [6, 6.07) is 6.46. The van der Waals surface area contributed by atoms with Gasteiger partial charge in [0.2, 0.25) is 11.9 Å². The largest absolute Gasteiger partial charge is 0.491 e. The smallest absolute Gasteiger partial charge is 0.329 e. The van der Waals surface area contributed by atoms with E-state index in [0.29, 0.717) is 60.6 Å². The van der Waals surface area contributed by atoms with Gasteiger partial charge in [0.15, 0.2) is 11.5 Å². The predicted molar refractivity (Wildman–Crippen MR) is 130 cm³/mol. The van der Waals surface area contributed by atoms with Crippen LogP contribution in [0.5, 0.6) is 11.5 Å². The van der Waals surface area contributed by atoms with Gasteiger partial charge >= 0.3 is 5.97 Å². The summed E-state index contributed by atoms with van der Waals surface area (Å²) in [5, 5.41) is 2.86. The van der Waals surface area contributed by atoms with E-state index in [1.54, 1.807) is 29.3 Å². The van der Waals surface area contributed by atoms with E-state index >= 15 is 0 Å². The normalized spacial score (nSPS) is 21.1. The first-order chi connectivity index (χ1) is 18.0. The average molecular weight is 505 g/mol. The van der Waals surface area contributed by atoms with Crippen LogP contribution in [-0.4, -0.2) is 89.9 Å². The molecular weight excluding hydrogens is 480 g/mol. The molecule has 0 spiro atoms. The highest BCUT2D eigenvalue weighted by Gasteiger charge is 2.48. The van der Waals surface area contributed by atoms with E-state index in [1.807, 2.05) is 11.0 Å². The molecule has 190 valence electrons. The number of aromatic nitrogens is 1. The highest BCUT2D eigenvalue weighted by atomic mass is 16.6. The first-order valence-corrected chi connectivity index (χ1v) is 12.0. The number of likely N-dealkylation sites (tertiary alicyclic amines) is 1. The standard InChI is InChI=1S/C25H24N6O6/c1-35-21-18(36-10-6-19(32)31-13-15-11-17(31)24(34)37-15)5-4-16-20(21)28-25(30-9-8-27-22(16)30)29-23(33)14-3-2-7-26-12-14/h2-5,7,12,15,17H,6,8-11,13H2,1H3,(H,28,29,33)/t15-,17-/m0/s1. The Bertz CT molecular complexity index is 1340. The van der Waals surface area contributed by atoms with Crippen molar-refractivity contribution >= 4 is 35.3 Å². The van der Waals surface area contributed by atoms with Gasteiger partial charge in [-0.25, -0.2) is 9.79 Å². The molecule has 0 aliphatic carbocycles. The topological polar surface area (TPSA) is 135 Å². The quantitative estimate of drug-likeness (QED) is 0.573. The molecule has 1 aromatic heterocycles. The van der Waals surface area contributed by atoms with Gasteiger partial charge in [-0.15, -0.1) is 0 Å². The van der Waals surface area contributed by atoms with Crippen molar-refractivity contribution in [2.24, 2.45) is 9.98 Å². The number of amidine groups is 1. The number of fused-ring (bicyclic) bond motifs is 5. The van der Waals surface area contributed by atoms with E-state index < -0.39 is 6.04 Å². The molecule has 4 aliphatic heterocycles. The Labute approximate surface area is 211 Å². The Morgan fingerprint density at radius 2 is 2.16 bits per heavy atom. The number of carbonyl (C=O) groups is 3. The number of guanidine groups is 1. The monoisotopic (exact) mass is 504 g/mol. The molecule has 4 aliphatic rings. The van der Waals surface area contributed by atoms with Gasteiger partial charge in [0.05, 0.1) is 38.8 Å². The Balaban J connectivity index is 1.21. The molecule has 1 N–H and O–H groups in total. The Hall–Kier alpha value is -4.48. The predicted octanol–water partition coefficient (Wildman–Crippen LogP) is 0.879. The van der Waals surface area contributed by atoms with Crippen molar-refractivity contribution in [3.63, 3.8) is 0 Å². The van der Waals surface area contributed by atoms with Crippen LogP contribution in [0.15, 0.2) is 46.6 Å². The highest BCUT2D eigenvalue weighted by Crippen LogP contribution is 2.43. The first kappa shape index (κ1) is 23.0. The minimum Gasteiger partial charge on any atom is -0.491 e. The minimum absolute atomic E-state index is 0.0955. The van der Waals surface area contributed by atoms with Crippen LogP contribution in [0.4, 0.5) is 5.69 Å². The molecule has 5 heterocycles. The van der Waals surface area contributed by atoms with E-state index in [1.165, 1.54) is 13.3 Å². The second-order valence-electron chi connectivity index (χ2n) is 8.94. The van der Waals surface area contributed by atoms with Crippen molar-refractivity contribution in [3.05, 3.63) is 47.8 Å². The summed E-state index contributed by atoms with van der Waals surface area (Å²) < 4.78 is 16.7. The van der Waals surface area contributed by atoms with Crippen LogP contribution in [0, 0.1) is 0 Å². The van der Waals surface area contributed by atoms with Crippen molar-refractivity contribution in [2.45, 2.75) is 25.0 Å². The molecule has 2 amide bonds. The number of ether oxygens (including phenoxy) is 3. The first-order valence-electron chi connectivity index (χ1n) is 12.0. The van der Waals surface area contributed by atoms with Crippen molar-refractivity contribution in [2.75, 3.05) is 33.4 Å². The van der Waals surface area contributed by atoms with E-state index in [0.717, 1.165) is 5.56 Å². The zero-order chi connectivity index (χ0) is 25.5. The third-order valence-electron chi connectivity index (χ3n) is 6.72. The maximum atomic E-state index is 12.8. The van der Waals surface area contributed by atoms with Gasteiger partial charge in [-0.2, -0.15) is 0 Å². The zero-order valence-corrected chi connectivity index (χ0v) is 20.0. The fourth-order valence-electron chi connectivity index (χ4n) is 4.99. The second-order valence-corrected chi connectivity index (χ2v) is 8.94. The Morgan fingerprint density at radius 3 is 2.92 bits per heavy atom. The number of nitrogens with one attached hydrogen (secondary N) is 1. The lowest BCUT2D eigenvalue weighted by Crippen LogP contribution is -2.47. The van der Waals surface area contributed by atoms with Crippen molar-refractivity contribution in [1.82, 2.24) is 20.1 Å². The van der Waals surface area contributed by atoms with Crippen LogP contribution in [0.1, 0.15) is 28.8 Å². The van der Waals surface area contributed by atoms with E-state index in [2.05, 4.69) is 15.3 Å². The summed E-state index contributed by atoms with van der Waals surface area (Å²) in [7, 11) is 1.51. The van der Waals surface area contributed by atoms with Crippen LogP contribution in [0.3, 0.4) is 0 Å². The van der Waals surface area contributed by atoms with E-state index in [4.69, 9.17) is 19.2 Å². The fourth-order valence-corrected chi connectivity index (χ4v) is 4.99. The summed E-state index contributed by atoms with van der Waals surface area (Å²) in [4.78, 5) is 54.0. The number of hydrogen-bond donors (Lipinski definition) is 1. The van der Waals surface area contributed by atoms with Gasteiger partial charge in [-0.1, -0.05) is 0 Å². The van der Waals surface area contributed by atoms with Crippen molar-refractivity contribution in [1.29, 1.82) is 0 Å². The van der Waals surface area contributed by atoms with Gasteiger partial charge in [-0.3, -0.25) is 29.8 Å². The summed E-state index contributed by atoms with van der Waals surface area (Å²) >= 11 is 0. The number of aliphatic imine (C=N–C) groups is 2. The third kappa shape index (κ3) is 4.03. The average Bonchev–Trinajstić information content (AvgIpc) is 3.65. The van der Waals surface area contributed by atoms with E-state index in [9.17, 15) is 14.4 Å². The summed E-state index contributed by atoms with van der Waals surface area (Å²) in [6.45, 7) is 1.66. The lowest BCUT2D eigenvalue weighted by molar-refractivity contribution is -0.157. The highest BCUT2D eigenvalue weighted by molar-refractivity contribution is 6.20. The number of amides is 2. The fraction of sp³-hybridized carbons (Fsp3) is 0.360. The summed E-state index contributed by atoms with van der Waals surface area (Å²) in [6.07, 6.45) is 3.54. The maximum absolute atomic E-state index is 12.8. The number of carbonyl (C=O) groups excluding carboxylic acids is 3. The number of benzene rings is 1. The van der Waals surface area contributed by atoms with Gasteiger partial charge < -0.3 is 19.1 Å². The van der Waals surface area contributed by atoms with Gasteiger partial charge in [-0.05, 0) is 24.3 Å². The SMILES string of the molecule is COc1c(OCCC(=O)N2C[C@@H]3C[C@H]2C(=O)O3)ccc2c1N=C(NC(=O)c1cccnc1)N1CCN=C21. The number of pyridine rings is 1. The van der Waals surface area contributed by atoms with Crippen LogP contribution in [-0.2, 0) is 14.3 Å². The van der Waals surface area contributed by atoms with Gasteiger partial charge in [0.1, 0.15) is 23.7 Å². The molecule has 2 aromatic rings. The third-order valence-corrected chi connectivity index (χ3v) is 6.72. The number of rotatable bonds is 6. The van der Waals surface area contributed by atoms with Crippen LogP contribution >= 0.6 is 0 Å². The molecule has 2 atom stereocenters. The number of morpholine rings is 1. The molecule has 1 aromatic carbocycles. The van der Waals surface area contributed by atoms with Gasteiger partial charge in [0, 0.05) is 30.9 Å². The van der Waals surface area contributed by atoms with E-state index in [-0.39, 0.29) is 36.9 Å². The number of methoxy groups -OCH3 is 1. The molecule has 37 heavy (non-hydrogen) atoms. The summed E-state index contributed by atoms with van der Waals surface area (Å²) in [5.74, 6) is 0.958. The molecular formula is C25H24N6O6. The Kier molecular flexibility index (Phi) is 5.70. The molecule has 2 saturated heterocycles. The van der Waals surface area contributed by atoms with Crippen molar-refractivity contribution in [3.8, 4) is 11.5 Å². The number of nitrogens with zero attached hydrogens (tertiary/aromatic N) is 5. The zero-order valence-electron chi connectivity index (χ0n) is 20.0. The molecule has 2 bridgehead atoms. The molecule has 6 rings (SSSR count). The lowest BCUT2D eigenvalue weighted by Gasteiger charge is -2.28. The number of esters is 1. The second kappa shape index (κ2) is 9.19. The Morgan fingerprint density at radius 1 is 1.27 bits per heavy atom. The van der Waals surface area contributed by atoms with Crippen LogP contribution < -0.4 is 14.8 Å². The molecule has 12 nitrogen and oxygen atoms in total. The van der Waals surface area contributed by atoms with Crippen LogP contribution in [0.2, 0.25) is 0 Å². The summed E-state index contributed by atoms with van der Waals surface area (Å²) in [5.41, 5.74) is 1.63. The van der Waals surface area contributed by atoms with Crippen molar-refractivity contribution < 1.29 is 28.6 Å². The maximum Gasteiger partial charge on any atom is 0.329 e. The molecule has 0 unspecified atom stereocenters. The number of hydrogen-bond acceptors (Lipinski definition) is 10. The molecule has 0 radical (unpaired) electrons. The van der Waals surface area contributed by atoms with Crippen LogP contribution in [0.25, 0.3) is 0 Å². The molecule has 12 heteroatoms. The lowest BCUT2D eigenvalue weighted by atomic mass is 10.1. The van der Waals surface area contributed by atoms with Gasteiger partial charge in [0.25, 0.3) is 5.91 Å².